The van der Waals surface area contributed by atoms with E-state index in [0.717, 1.165) is 34.4 Å². The van der Waals surface area contributed by atoms with Crippen molar-refractivity contribution in [3.8, 4) is 5.75 Å². The molecule has 2 aromatic heterocycles. The van der Waals surface area contributed by atoms with E-state index < -0.39 is 12.0 Å². The Bertz CT molecular complexity index is 1400. The highest BCUT2D eigenvalue weighted by Crippen LogP contribution is 2.26. The van der Waals surface area contributed by atoms with Crippen molar-refractivity contribution in [2.24, 2.45) is 0 Å². The van der Waals surface area contributed by atoms with E-state index in [0.29, 0.717) is 49.5 Å². The average molecular weight is 549 g/mol. The number of esters is 1. The second-order valence-electron chi connectivity index (χ2n) is 10.1. The van der Waals surface area contributed by atoms with Crippen molar-refractivity contribution in [2.45, 2.75) is 64.7 Å². The number of aromatic amines is 2. The fraction of sp³-hybridized carbons (Fsp3) is 0.464. The first-order valence-electron chi connectivity index (χ1n) is 13.7. The molecule has 2 aliphatic heterocycles. The van der Waals surface area contributed by atoms with Crippen LogP contribution in [0.15, 0.2) is 24.3 Å². The molecule has 3 atom stereocenters. The number of nitrogens with zero attached hydrogens (tertiary/aromatic N) is 2. The van der Waals surface area contributed by atoms with Gasteiger partial charge in [-0.3, -0.25) is 10.1 Å². The lowest BCUT2D eigenvalue weighted by atomic mass is 10.0. The number of aromatic nitrogens is 4. The smallest absolute Gasteiger partial charge is 0.341 e. The van der Waals surface area contributed by atoms with Crippen LogP contribution in [0, 0.1) is 5.41 Å². The Balaban J connectivity index is 1.14. The second-order valence-corrected chi connectivity index (χ2v) is 10.1. The van der Waals surface area contributed by atoms with Crippen LogP contribution in [-0.4, -0.2) is 69.4 Å². The molecule has 12 heteroatoms. The predicted molar refractivity (Wildman–Crippen MR) is 148 cm³/mol. The number of imidazole rings is 2. The van der Waals surface area contributed by atoms with Gasteiger partial charge in [-0.15, -0.1) is 0 Å². The van der Waals surface area contributed by atoms with E-state index in [1.165, 1.54) is 0 Å². The van der Waals surface area contributed by atoms with Gasteiger partial charge in [0, 0.05) is 31.6 Å². The number of benzene rings is 1. The third kappa shape index (κ3) is 5.92. The molecule has 3 unspecified atom stereocenters. The largest absolute Gasteiger partial charge is 0.491 e. The lowest BCUT2D eigenvalue weighted by Crippen LogP contribution is -2.48. The summed E-state index contributed by atoms with van der Waals surface area (Å²) in [4.78, 5) is 41.5. The first kappa shape index (κ1) is 27.5. The number of hydrogen-bond donors (Lipinski definition) is 6. The Morgan fingerprint density at radius 1 is 1.05 bits per heavy atom. The number of carbonyl (C=O) groups excluding carboxylic acids is 2. The molecule has 0 radical (unpaired) electrons. The highest BCUT2D eigenvalue weighted by Gasteiger charge is 2.29. The number of amides is 1. The van der Waals surface area contributed by atoms with Gasteiger partial charge < -0.3 is 35.5 Å². The van der Waals surface area contributed by atoms with Gasteiger partial charge in [-0.05, 0) is 32.9 Å². The third-order valence-electron chi connectivity index (χ3n) is 7.31. The zero-order valence-electron chi connectivity index (χ0n) is 23.0. The van der Waals surface area contributed by atoms with Crippen LogP contribution in [0.1, 0.15) is 71.5 Å². The van der Waals surface area contributed by atoms with Crippen LogP contribution in [-0.2, 0) is 35.5 Å². The van der Waals surface area contributed by atoms with E-state index in [1.54, 1.807) is 31.2 Å². The van der Waals surface area contributed by atoms with Crippen LogP contribution in [0.2, 0.25) is 0 Å². The number of fused-ring (bicyclic) bond motifs is 2. The Morgan fingerprint density at radius 3 is 2.33 bits per heavy atom. The number of nitrogens with one attached hydrogen (secondary N) is 6. The number of ether oxygens (including phenoxy) is 2. The SMILES string of the molecule is CCOC(=O)c1ccccc1OCCNC(=O)C1Cc2nc(C(C)c3nc4c([nH]3)CNC(C(C)=N)C4)[nH]c2CN1. The monoisotopic (exact) mass is 548 g/mol. The zero-order valence-corrected chi connectivity index (χ0v) is 23.0. The normalized spacial score (nSPS) is 18.8. The Morgan fingerprint density at radius 2 is 1.68 bits per heavy atom. The highest BCUT2D eigenvalue weighted by atomic mass is 16.5. The minimum Gasteiger partial charge on any atom is -0.491 e. The summed E-state index contributed by atoms with van der Waals surface area (Å²) in [5, 5.41) is 17.5. The van der Waals surface area contributed by atoms with Crippen LogP contribution in [0.3, 0.4) is 0 Å². The molecule has 40 heavy (non-hydrogen) atoms. The maximum absolute atomic E-state index is 12.9. The molecule has 2 aliphatic rings. The Kier molecular flexibility index (Phi) is 8.27. The van der Waals surface area contributed by atoms with Crippen molar-refractivity contribution < 1.29 is 19.1 Å². The van der Waals surface area contributed by atoms with Crippen molar-refractivity contribution in [1.29, 1.82) is 5.41 Å². The van der Waals surface area contributed by atoms with Crippen molar-refractivity contribution in [3.05, 3.63) is 64.3 Å². The van der Waals surface area contributed by atoms with Gasteiger partial charge in [0.05, 0.1) is 53.9 Å². The predicted octanol–water partition coefficient (Wildman–Crippen LogP) is 1.72. The molecule has 3 aromatic rings. The van der Waals surface area contributed by atoms with Gasteiger partial charge in [0.15, 0.2) is 0 Å². The fourth-order valence-electron chi connectivity index (χ4n) is 5.01. The fourth-order valence-corrected chi connectivity index (χ4v) is 5.01. The van der Waals surface area contributed by atoms with Gasteiger partial charge in [-0.1, -0.05) is 12.1 Å². The average Bonchev–Trinajstić information content (AvgIpc) is 3.58. The molecule has 12 nitrogen and oxygen atoms in total. The van der Waals surface area contributed by atoms with Gasteiger partial charge >= 0.3 is 5.97 Å². The molecular weight excluding hydrogens is 512 g/mol. The number of rotatable bonds is 10. The molecule has 0 spiro atoms. The standard InChI is InChI=1S/C28H36N8O4/c1-4-39-28(38)17-7-5-6-8-24(17)40-10-9-30-27(37)21-12-20-23(14-32-21)36-26(34-20)15(2)25-33-19-11-18(16(3)29)31-13-22(19)35-25/h5-8,15,18,21,29,31-32H,4,9-14H2,1-3H3,(H,30,37)(H,33,35)(H,34,36). The minimum absolute atomic E-state index is 0.0241. The second kappa shape index (κ2) is 12.0. The van der Waals surface area contributed by atoms with Crippen molar-refractivity contribution in [1.82, 2.24) is 35.9 Å². The maximum Gasteiger partial charge on any atom is 0.341 e. The molecule has 1 aromatic carbocycles. The van der Waals surface area contributed by atoms with Crippen LogP contribution in [0.5, 0.6) is 5.75 Å². The van der Waals surface area contributed by atoms with E-state index in [2.05, 4.69) is 32.8 Å². The van der Waals surface area contributed by atoms with Crippen LogP contribution >= 0.6 is 0 Å². The maximum atomic E-state index is 12.9. The summed E-state index contributed by atoms with van der Waals surface area (Å²) >= 11 is 0. The molecule has 6 N–H and O–H groups in total. The summed E-state index contributed by atoms with van der Waals surface area (Å²) in [5.41, 5.74) is 4.88. The summed E-state index contributed by atoms with van der Waals surface area (Å²) in [6, 6.07) is 6.51. The summed E-state index contributed by atoms with van der Waals surface area (Å²) in [6.07, 6.45) is 1.17. The summed E-state index contributed by atoms with van der Waals surface area (Å²) in [6.45, 7) is 7.58. The third-order valence-corrected chi connectivity index (χ3v) is 7.31. The molecule has 212 valence electrons. The van der Waals surface area contributed by atoms with E-state index in [-0.39, 0.29) is 31.1 Å². The molecule has 1 amide bonds. The van der Waals surface area contributed by atoms with Crippen LogP contribution < -0.4 is 20.7 Å². The van der Waals surface area contributed by atoms with Gasteiger partial charge in [0.2, 0.25) is 5.91 Å². The zero-order chi connectivity index (χ0) is 28.2. The van der Waals surface area contributed by atoms with E-state index in [4.69, 9.17) is 24.9 Å². The lowest BCUT2D eigenvalue weighted by Gasteiger charge is -2.22. The number of hydrogen-bond acceptors (Lipinski definition) is 9. The van der Waals surface area contributed by atoms with Gasteiger partial charge in [-0.2, -0.15) is 0 Å². The molecule has 0 fully saturated rings. The topological polar surface area (TPSA) is 170 Å². The van der Waals surface area contributed by atoms with Gasteiger partial charge in [-0.25, -0.2) is 14.8 Å². The van der Waals surface area contributed by atoms with E-state index in [1.807, 2.05) is 6.92 Å². The summed E-state index contributed by atoms with van der Waals surface area (Å²) in [7, 11) is 0. The molecular formula is C28H36N8O4. The van der Waals surface area contributed by atoms with Crippen molar-refractivity contribution >= 4 is 17.6 Å². The number of para-hydroxylation sites is 1. The van der Waals surface area contributed by atoms with Crippen molar-refractivity contribution in [2.75, 3.05) is 19.8 Å². The van der Waals surface area contributed by atoms with E-state index >= 15 is 0 Å². The van der Waals surface area contributed by atoms with Gasteiger partial charge in [0.25, 0.3) is 0 Å². The molecule has 5 rings (SSSR count). The van der Waals surface area contributed by atoms with E-state index in [9.17, 15) is 9.59 Å². The van der Waals surface area contributed by atoms with Crippen LogP contribution in [0.25, 0.3) is 0 Å². The summed E-state index contributed by atoms with van der Waals surface area (Å²) < 4.78 is 10.8. The molecule has 0 aliphatic carbocycles. The molecule has 4 heterocycles. The first-order chi connectivity index (χ1) is 19.3. The summed E-state index contributed by atoms with van der Waals surface area (Å²) in [5.74, 6) is 1.43. The Hall–Kier alpha value is -4.03. The van der Waals surface area contributed by atoms with Crippen LogP contribution in [0.4, 0.5) is 0 Å². The highest BCUT2D eigenvalue weighted by molar-refractivity contribution is 5.92. The lowest BCUT2D eigenvalue weighted by molar-refractivity contribution is -0.123. The quantitative estimate of drug-likeness (QED) is 0.126. The van der Waals surface area contributed by atoms with Gasteiger partial charge in [0.1, 0.15) is 29.6 Å². The molecule has 0 saturated carbocycles. The molecule has 0 bridgehead atoms. The number of H-pyrrole nitrogens is 2. The van der Waals surface area contributed by atoms with Crippen molar-refractivity contribution in [3.63, 3.8) is 0 Å². The number of carbonyl (C=O) groups is 2. The molecule has 0 saturated heterocycles. The first-order valence-corrected chi connectivity index (χ1v) is 13.7. The Labute approximate surface area is 232 Å². The minimum atomic E-state index is -0.438.